The molecule has 3 fully saturated rings. The second-order valence-electron chi connectivity index (χ2n) is 8.17. The van der Waals surface area contributed by atoms with Crippen molar-refractivity contribution in [2.75, 3.05) is 19.7 Å². The Bertz CT molecular complexity index is 629. The molecular formula is C21H30N2O4. The molecule has 27 heavy (non-hydrogen) atoms. The van der Waals surface area contributed by atoms with Crippen molar-refractivity contribution in [3.63, 3.8) is 0 Å². The lowest BCUT2D eigenvalue weighted by molar-refractivity contribution is -0.144. The monoisotopic (exact) mass is 374 g/mol. The van der Waals surface area contributed by atoms with Crippen molar-refractivity contribution >= 4 is 11.8 Å². The summed E-state index contributed by atoms with van der Waals surface area (Å²) in [5.41, 5.74) is 0. The van der Waals surface area contributed by atoms with Gasteiger partial charge in [-0.05, 0) is 50.7 Å². The summed E-state index contributed by atoms with van der Waals surface area (Å²) in [5.74, 6) is 1.08. The van der Waals surface area contributed by atoms with Crippen LogP contribution in [0.2, 0.25) is 0 Å². The van der Waals surface area contributed by atoms with Crippen LogP contribution in [0.15, 0.2) is 22.8 Å². The molecule has 0 aromatic carbocycles. The van der Waals surface area contributed by atoms with E-state index in [9.17, 15) is 9.59 Å². The summed E-state index contributed by atoms with van der Waals surface area (Å²) in [4.78, 5) is 29.8. The van der Waals surface area contributed by atoms with E-state index >= 15 is 0 Å². The Kier molecular flexibility index (Phi) is 5.81. The van der Waals surface area contributed by atoms with Crippen LogP contribution >= 0.6 is 0 Å². The van der Waals surface area contributed by atoms with Gasteiger partial charge in [0, 0.05) is 25.1 Å². The molecule has 0 bridgehead atoms. The van der Waals surface area contributed by atoms with Crippen LogP contribution in [-0.2, 0) is 20.9 Å². The van der Waals surface area contributed by atoms with E-state index in [4.69, 9.17) is 9.15 Å². The molecule has 4 rings (SSSR count). The first-order valence-electron chi connectivity index (χ1n) is 10.4. The highest BCUT2D eigenvalue weighted by atomic mass is 16.5. The lowest BCUT2D eigenvalue weighted by Gasteiger charge is -2.30. The number of amides is 2. The van der Waals surface area contributed by atoms with Gasteiger partial charge in [0.1, 0.15) is 12.3 Å². The summed E-state index contributed by atoms with van der Waals surface area (Å²) < 4.78 is 11.2. The van der Waals surface area contributed by atoms with Gasteiger partial charge in [0.25, 0.3) is 0 Å². The molecule has 6 nitrogen and oxygen atoms in total. The molecule has 1 atom stereocenters. The van der Waals surface area contributed by atoms with Crippen molar-refractivity contribution < 1.29 is 18.7 Å². The van der Waals surface area contributed by atoms with Gasteiger partial charge >= 0.3 is 0 Å². The Balaban J connectivity index is 1.42. The van der Waals surface area contributed by atoms with Gasteiger partial charge in [-0.15, -0.1) is 0 Å². The van der Waals surface area contributed by atoms with Gasteiger partial charge in [0.2, 0.25) is 11.8 Å². The molecule has 1 aromatic rings. The molecule has 0 N–H and O–H groups in total. The predicted molar refractivity (Wildman–Crippen MR) is 99.8 cm³/mol. The Labute approximate surface area is 160 Å². The van der Waals surface area contributed by atoms with Crippen LogP contribution in [0.25, 0.3) is 0 Å². The van der Waals surface area contributed by atoms with E-state index in [0.717, 1.165) is 63.7 Å². The van der Waals surface area contributed by atoms with Crippen LogP contribution in [0, 0.1) is 5.92 Å². The number of hydrogen-bond acceptors (Lipinski definition) is 4. The van der Waals surface area contributed by atoms with Crippen molar-refractivity contribution in [3.05, 3.63) is 24.2 Å². The van der Waals surface area contributed by atoms with Gasteiger partial charge < -0.3 is 19.0 Å². The summed E-state index contributed by atoms with van der Waals surface area (Å²) in [7, 11) is 0. The normalized spacial score (nSPS) is 22.9. The molecule has 1 unspecified atom stereocenters. The fourth-order valence-corrected chi connectivity index (χ4v) is 4.31. The van der Waals surface area contributed by atoms with Gasteiger partial charge in [0.15, 0.2) is 0 Å². The zero-order valence-corrected chi connectivity index (χ0v) is 16.0. The maximum Gasteiger partial charge on any atom is 0.242 e. The number of nitrogens with zero attached hydrogens (tertiary/aromatic N) is 2. The Morgan fingerprint density at radius 3 is 2.52 bits per heavy atom. The van der Waals surface area contributed by atoms with Crippen LogP contribution in [0.3, 0.4) is 0 Å². The second kappa shape index (κ2) is 8.46. The Hall–Kier alpha value is -1.82. The molecule has 3 aliphatic rings. The summed E-state index contributed by atoms with van der Waals surface area (Å²) in [6, 6.07) is 3.98. The van der Waals surface area contributed by atoms with Gasteiger partial charge in [-0.3, -0.25) is 9.59 Å². The first-order valence-corrected chi connectivity index (χ1v) is 10.4. The molecule has 1 aromatic heterocycles. The highest BCUT2D eigenvalue weighted by Crippen LogP contribution is 2.33. The van der Waals surface area contributed by atoms with Crippen LogP contribution in [0.5, 0.6) is 0 Å². The average Bonchev–Trinajstić information content (AvgIpc) is 3.13. The zero-order valence-electron chi connectivity index (χ0n) is 16.0. The smallest absolute Gasteiger partial charge is 0.242 e. The molecule has 2 saturated carbocycles. The highest BCUT2D eigenvalue weighted by Gasteiger charge is 2.38. The van der Waals surface area contributed by atoms with Crippen molar-refractivity contribution in [3.8, 4) is 0 Å². The van der Waals surface area contributed by atoms with E-state index in [-0.39, 0.29) is 36.4 Å². The predicted octanol–water partition coefficient (Wildman–Crippen LogP) is 2.97. The van der Waals surface area contributed by atoms with E-state index in [1.165, 1.54) is 0 Å². The first kappa shape index (κ1) is 18.5. The minimum absolute atomic E-state index is 0.000136. The van der Waals surface area contributed by atoms with Gasteiger partial charge in [0.05, 0.1) is 18.9 Å². The maximum atomic E-state index is 13.2. The van der Waals surface area contributed by atoms with Crippen molar-refractivity contribution in [1.82, 2.24) is 9.80 Å². The average molecular weight is 374 g/mol. The third-order valence-electron chi connectivity index (χ3n) is 6.01. The summed E-state index contributed by atoms with van der Waals surface area (Å²) in [6.07, 6.45) is 10.00. The lowest BCUT2D eigenvalue weighted by atomic mass is 10.1. The molecule has 6 heteroatoms. The molecule has 0 spiro atoms. The van der Waals surface area contributed by atoms with E-state index in [1.807, 2.05) is 21.9 Å². The fraction of sp³-hybridized carbons (Fsp3) is 0.714. The quantitative estimate of drug-likeness (QED) is 0.702. The summed E-state index contributed by atoms with van der Waals surface area (Å²) in [5, 5.41) is 0. The number of carbonyl (C=O) groups excluding carboxylic acids is 2. The third-order valence-corrected chi connectivity index (χ3v) is 6.01. The Morgan fingerprint density at radius 1 is 1.07 bits per heavy atom. The largest absolute Gasteiger partial charge is 0.467 e. The molecule has 2 aliphatic carbocycles. The van der Waals surface area contributed by atoms with Crippen LogP contribution in [-0.4, -0.2) is 53.5 Å². The Morgan fingerprint density at radius 2 is 1.89 bits per heavy atom. The molecule has 2 amide bonds. The molecule has 1 saturated heterocycles. The first-order chi connectivity index (χ1) is 13.2. The van der Waals surface area contributed by atoms with E-state index < -0.39 is 0 Å². The maximum absolute atomic E-state index is 13.2. The minimum Gasteiger partial charge on any atom is -0.467 e. The van der Waals surface area contributed by atoms with Crippen LogP contribution in [0.4, 0.5) is 0 Å². The molecule has 2 heterocycles. The summed E-state index contributed by atoms with van der Waals surface area (Å²) in [6.45, 7) is 1.95. The van der Waals surface area contributed by atoms with Crippen molar-refractivity contribution in [2.24, 2.45) is 5.92 Å². The van der Waals surface area contributed by atoms with Crippen LogP contribution < -0.4 is 0 Å². The van der Waals surface area contributed by atoms with Crippen molar-refractivity contribution in [2.45, 2.75) is 70.1 Å². The lowest BCUT2D eigenvalue weighted by Crippen LogP contribution is -2.47. The van der Waals surface area contributed by atoms with E-state index in [1.54, 1.807) is 6.26 Å². The number of hydrogen-bond donors (Lipinski definition) is 0. The third kappa shape index (κ3) is 4.72. The van der Waals surface area contributed by atoms with Crippen molar-refractivity contribution in [1.29, 1.82) is 0 Å². The van der Waals surface area contributed by atoms with Gasteiger partial charge in [-0.25, -0.2) is 0 Å². The standard InChI is InChI=1S/C21H30N2O4/c24-20(15-23(17-9-10-17)21(25)16-5-1-2-6-16)22(13-18-7-3-11-26-18)14-19-8-4-12-27-19/h3,7,11,16-17,19H,1-2,4-6,8-10,12-15H2. The van der Waals surface area contributed by atoms with E-state index in [2.05, 4.69) is 0 Å². The van der Waals surface area contributed by atoms with E-state index in [0.29, 0.717) is 13.1 Å². The topological polar surface area (TPSA) is 63.0 Å². The molecular weight excluding hydrogens is 344 g/mol. The summed E-state index contributed by atoms with van der Waals surface area (Å²) >= 11 is 0. The number of carbonyl (C=O) groups is 2. The van der Waals surface area contributed by atoms with Gasteiger partial charge in [-0.2, -0.15) is 0 Å². The zero-order chi connectivity index (χ0) is 18.6. The highest BCUT2D eigenvalue weighted by molar-refractivity contribution is 5.86. The molecule has 148 valence electrons. The minimum atomic E-state index is 0.000136. The molecule has 1 aliphatic heterocycles. The SMILES string of the molecule is O=C(CN(C(=O)C1CCCC1)C1CC1)N(Cc1ccco1)CC1CCCO1. The number of rotatable bonds is 8. The van der Waals surface area contributed by atoms with Gasteiger partial charge in [-0.1, -0.05) is 12.8 Å². The molecule has 0 radical (unpaired) electrons. The number of furan rings is 1. The second-order valence-corrected chi connectivity index (χ2v) is 8.17. The number of ether oxygens (including phenoxy) is 1. The fourth-order valence-electron chi connectivity index (χ4n) is 4.31. The van der Waals surface area contributed by atoms with Crippen LogP contribution in [0.1, 0.15) is 57.1 Å².